The first-order chi connectivity index (χ1) is 12.8. The first kappa shape index (κ1) is 19.6. The Kier molecular flexibility index (Phi) is 5.67. The predicted molar refractivity (Wildman–Crippen MR) is 96.5 cm³/mol. The molecule has 1 aromatic rings. The molecule has 8 heteroatoms. The first-order valence-electron chi connectivity index (χ1n) is 9.26. The van der Waals surface area contributed by atoms with Crippen molar-refractivity contribution < 1.29 is 24.3 Å². The lowest BCUT2D eigenvalue weighted by Crippen LogP contribution is -2.53. The molecule has 0 aromatic heterocycles. The van der Waals surface area contributed by atoms with E-state index in [9.17, 15) is 19.1 Å². The van der Waals surface area contributed by atoms with Crippen molar-refractivity contribution in [2.24, 2.45) is 11.8 Å². The Morgan fingerprint density at radius 2 is 1.89 bits per heavy atom. The lowest BCUT2D eigenvalue weighted by atomic mass is 9.90. The van der Waals surface area contributed by atoms with Crippen LogP contribution in [0.15, 0.2) is 24.3 Å². The van der Waals surface area contributed by atoms with E-state index in [0.29, 0.717) is 19.5 Å². The van der Waals surface area contributed by atoms with Gasteiger partial charge in [0.2, 0.25) is 5.91 Å². The molecule has 27 heavy (non-hydrogen) atoms. The van der Waals surface area contributed by atoms with E-state index in [1.54, 1.807) is 17.0 Å². The molecule has 148 valence electrons. The highest BCUT2D eigenvalue weighted by atomic mass is 19.1. The number of piperazine rings is 1. The van der Waals surface area contributed by atoms with Crippen molar-refractivity contribution >= 4 is 17.5 Å². The van der Waals surface area contributed by atoms with E-state index in [-0.39, 0.29) is 29.7 Å². The minimum atomic E-state index is -1.59. The van der Waals surface area contributed by atoms with Crippen LogP contribution >= 0.6 is 0 Å². The molecule has 2 aliphatic rings. The van der Waals surface area contributed by atoms with Gasteiger partial charge in [0.05, 0.1) is 12.0 Å². The zero-order valence-corrected chi connectivity index (χ0v) is 15.5. The number of carbonyl (C=O) groups is 2. The van der Waals surface area contributed by atoms with Gasteiger partial charge in [0, 0.05) is 24.8 Å². The third kappa shape index (κ3) is 3.91. The van der Waals surface area contributed by atoms with Gasteiger partial charge in [-0.25, -0.2) is 9.87 Å². The summed E-state index contributed by atoms with van der Waals surface area (Å²) >= 11 is 0. The monoisotopic (exact) mass is 379 g/mol. The summed E-state index contributed by atoms with van der Waals surface area (Å²) in [7, 11) is 0. The number of anilines is 1. The molecule has 2 fully saturated rings. The number of hydrogen-bond donors (Lipinski definition) is 3. The summed E-state index contributed by atoms with van der Waals surface area (Å²) in [5.74, 6) is -2.30. The first-order valence-corrected chi connectivity index (χ1v) is 9.26. The summed E-state index contributed by atoms with van der Waals surface area (Å²) in [4.78, 5) is 28.6. The second-order valence-electron chi connectivity index (χ2n) is 7.82. The largest absolute Gasteiger partial charge is 0.382 e. The summed E-state index contributed by atoms with van der Waals surface area (Å²) in [6.07, 6.45) is -0.430. The minimum Gasteiger partial charge on any atom is -0.382 e. The Labute approximate surface area is 157 Å². The number of likely N-dealkylation sites (tertiary alicyclic amines) is 1. The highest BCUT2D eigenvalue weighted by Crippen LogP contribution is 2.36. The van der Waals surface area contributed by atoms with E-state index in [1.807, 2.05) is 13.8 Å². The summed E-state index contributed by atoms with van der Waals surface area (Å²) < 4.78 is 13.1. The molecule has 1 aromatic carbocycles. The molecule has 3 N–H and O–H groups in total. The fourth-order valence-corrected chi connectivity index (χ4v) is 4.22. The number of nitrogens with zero attached hydrogens (tertiary/aromatic N) is 2. The highest BCUT2D eigenvalue weighted by Gasteiger charge is 2.48. The number of carbonyl (C=O) groups excluding carboxylic acids is 2. The molecule has 0 spiro atoms. The molecule has 2 amide bonds. The SMILES string of the molecule is CC(C)C[C@H](C(=O)N1C[C@H]2C[C@@H]1CN2c1ccc(F)cc1)[C@@H](O)C(=O)NO. The van der Waals surface area contributed by atoms with Gasteiger partial charge in [0.25, 0.3) is 5.91 Å². The van der Waals surface area contributed by atoms with Gasteiger partial charge in [0.15, 0.2) is 0 Å². The average molecular weight is 379 g/mol. The quantitative estimate of drug-likeness (QED) is 0.509. The number of hydrogen-bond acceptors (Lipinski definition) is 5. The molecule has 2 aliphatic heterocycles. The number of rotatable bonds is 6. The van der Waals surface area contributed by atoms with Crippen LogP contribution in [0.4, 0.5) is 10.1 Å². The van der Waals surface area contributed by atoms with Gasteiger partial charge in [-0.05, 0) is 43.0 Å². The molecule has 3 rings (SSSR count). The van der Waals surface area contributed by atoms with Crippen LogP contribution in [0, 0.1) is 17.7 Å². The molecule has 4 atom stereocenters. The predicted octanol–water partition coefficient (Wildman–Crippen LogP) is 1.14. The molecule has 2 bridgehead atoms. The highest BCUT2D eigenvalue weighted by molar-refractivity contribution is 5.89. The Bertz CT molecular complexity index is 697. The van der Waals surface area contributed by atoms with Crippen LogP contribution in [0.2, 0.25) is 0 Å². The van der Waals surface area contributed by atoms with Crippen molar-refractivity contribution in [1.29, 1.82) is 0 Å². The molecular weight excluding hydrogens is 353 g/mol. The molecule has 0 unspecified atom stereocenters. The second kappa shape index (κ2) is 7.82. The molecule has 2 saturated heterocycles. The summed E-state index contributed by atoms with van der Waals surface area (Å²) in [5, 5.41) is 19.0. The number of hydroxylamine groups is 1. The fraction of sp³-hybridized carbons (Fsp3) is 0.579. The maximum Gasteiger partial charge on any atom is 0.272 e. The summed E-state index contributed by atoms with van der Waals surface area (Å²) in [6, 6.07) is 6.44. The second-order valence-corrected chi connectivity index (χ2v) is 7.82. The van der Waals surface area contributed by atoms with Gasteiger partial charge in [-0.3, -0.25) is 14.8 Å². The third-order valence-corrected chi connectivity index (χ3v) is 5.48. The molecule has 0 aliphatic carbocycles. The van der Waals surface area contributed by atoms with Crippen LogP contribution in [0.25, 0.3) is 0 Å². The Morgan fingerprint density at radius 1 is 1.22 bits per heavy atom. The van der Waals surface area contributed by atoms with Crippen LogP contribution in [-0.4, -0.2) is 58.3 Å². The van der Waals surface area contributed by atoms with E-state index < -0.39 is 17.9 Å². The van der Waals surface area contributed by atoms with Crippen LogP contribution in [0.1, 0.15) is 26.7 Å². The smallest absolute Gasteiger partial charge is 0.272 e. The van der Waals surface area contributed by atoms with Crippen LogP contribution in [0.3, 0.4) is 0 Å². The molecular formula is C19H26FN3O4. The molecule has 0 radical (unpaired) electrons. The third-order valence-electron chi connectivity index (χ3n) is 5.48. The summed E-state index contributed by atoms with van der Waals surface area (Å²) in [5.41, 5.74) is 2.36. The molecule has 2 heterocycles. The van der Waals surface area contributed by atoms with Crippen molar-refractivity contribution in [3.05, 3.63) is 30.1 Å². The van der Waals surface area contributed by atoms with Gasteiger partial charge in [-0.1, -0.05) is 13.8 Å². The van der Waals surface area contributed by atoms with Gasteiger partial charge in [-0.15, -0.1) is 0 Å². The van der Waals surface area contributed by atoms with E-state index in [2.05, 4.69) is 4.90 Å². The van der Waals surface area contributed by atoms with Crippen molar-refractivity contribution in [3.8, 4) is 0 Å². The Morgan fingerprint density at radius 3 is 2.41 bits per heavy atom. The van der Waals surface area contributed by atoms with Gasteiger partial charge in [-0.2, -0.15) is 0 Å². The Balaban J connectivity index is 1.71. The van der Waals surface area contributed by atoms with Crippen LogP contribution < -0.4 is 10.4 Å². The number of amides is 2. The van der Waals surface area contributed by atoms with E-state index in [1.165, 1.54) is 17.6 Å². The molecule has 7 nitrogen and oxygen atoms in total. The van der Waals surface area contributed by atoms with Crippen molar-refractivity contribution in [2.45, 2.75) is 44.9 Å². The van der Waals surface area contributed by atoms with E-state index in [0.717, 1.165) is 12.1 Å². The summed E-state index contributed by atoms with van der Waals surface area (Å²) in [6.45, 7) is 4.97. The van der Waals surface area contributed by atoms with Crippen LogP contribution in [-0.2, 0) is 9.59 Å². The number of halogens is 1. The standard InChI is InChI=1S/C19H26FN3O4/c1-11(2)7-16(17(24)18(25)21-27)19(26)23-10-14-8-15(23)9-22(14)13-5-3-12(20)4-6-13/h3-6,11,14-17,24,27H,7-10H2,1-2H3,(H,21,25)/t14-,15-,16+,17-/m1/s1. The maximum atomic E-state index is 13.1. The average Bonchev–Trinajstić information content (AvgIpc) is 3.25. The van der Waals surface area contributed by atoms with Gasteiger partial charge >= 0.3 is 0 Å². The lowest BCUT2D eigenvalue weighted by molar-refractivity contribution is -0.151. The fourth-order valence-electron chi connectivity index (χ4n) is 4.22. The lowest BCUT2D eigenvalue weighted by Gasteiger charge is -2.38. The maximum absolute atomic E-state index is 13.1. The van der Waals surface area contributed by atoms with Crippen LogP contribution in [0.5, 0.6) is 0 Å². The van der Waals surface area contributed by atoms with E-state index in [4.69, 9.17) is 5.21 Å². The number of benzene rings is 1. The number of fused-ring (bicyclic) bond motifs is 2. The number of aliphatic hydroxyl groups excluding tert-OH is 1. The topological polar surface area (TPSA) is 93.1 Å². The number of nitrogens with one attached hydrogen (secondary N) is 1. The van der Waals surface area contributed by atoms with E-state index >= 15 is 0 Å². The Hall–Kier alpha value is -2.19. The zero-order chi connectivity index (χ0) is 19.7. The van der Waals surface area contributed by atoms with Crippen molar-refractivity contribution in [2.75, 3.05) is 18.0 Å². The van der Waals surface area contributed by atoms with Gasteiger partial charge in [0.1, 0.15) is 11.9 Å². The normalized spacial score (nSPS) is 23.6. The number of aliphatic hydroxyl groups is 1. The van der Waals surface area contributed by atoms with Gasteiger partial charge < -0.3 is 14.9 Å². The zero-order valence-electron chi connectivity index (χ0n) is 15.5. The van der Waals surface area contributed by atoms with Crippen molar-refractivity contribution in [3.63, 3.8) is 0 Å². The minimum absolute atomic E-state index is 0.00777. The molecule has 0 saturated carbocycles. The van der Waals surface area contributed by atoms with Crippen molar-refractivity contribution in [1.82, 2.24) is 10.4 Å².